The molecule has 0 aliphatic rings. The van der Waals surface area contributed by atoms with Gasteiger partial charge in [0.05, 0.1) is 0 Å². The number of anilines is 1. The average molecular weight is 271 g/mol. The molecule has 3 N–H and O–H groups in total. The van der Waals surface area contributed by atoms with Gasteiger partial charge in [0.2, 0.25) is 0 Å². The number of nitrogens with two attached hydrogens (primary N) is 1. The number of aryl methyl sites for hydroxylation is 1. The van der Waals surface area contributed by atoms with Gasteiger partial charge in [0.15, 0.2) is 0 Å². The standard InChI is InChI=1S/C12H19BrN2/c1-9-3-4-12(11(13)7-9)15-8-10(2)5-6-14/h3-4,7,10,15H,5-6,8,14H2,1-2H3. The van der Waals surface area contributed by atoms with E-state index in [0.717, 1.165) is 29.7 Å². The first-order valence-electron chi connectivity index (χ1n) is 5.33. The smallest absolute Gasteiger partial charge is 0.0484 e. The van der Waals surface area contributed by atoms with Gasteiger partial charge in [-0.15, -0.1) is 0 Å². The van der Waals surface area contributed by atoms with Crippen LogP contribution in [0, 0.1) is 12.8 Å². The lowest BCUT2D eigenvalue weighted by molar-refractivity contribution is 0.568. The van der Waals surface area contributed by atoms with Crippen molar-refractivity contribution in [2.45, 2.75) is 20.3 Å². The van der Waals surface area contributed by atoms with Crippen LogP contribution in [0.25, 0.3) is 0 Å². The number of hydrogen-bond acceptors (Lipinski definition) is 2. The SMILES string of the molecule is Cc1ccc(NCC(C)CCN)c(Br)c1. The van der Waals surface area contributed by atoms with Crippen LogP contribution in [0.15, 0.2) is 22.7 Å². The monoisotopic (exact) mass is 270 g/mol. The molecular formula is C12H19BrN2. The molecule has 0 aromatic heterocycles. The molecule has 0 amide bonds. The maximum Gasteiger partial charge on any atom is 0.0484 e. The number of rotatable bonds is 5. The third-order valence-corrected chi connectivity index (χ3v) is 3.08. The van der Waals surface area contributed by atoms with Crippen LogP contribution in [0.3, 0.4) is 0 Å². The fourth-order valence-corrected chi connectivity index (χ4v) is 2.07. The summed E-state index contributed by atoms with van der Waals surface area (Å²) < 4.78 is 1.13. The van der Waals surface area contributed by atoms with E-state index >= 15 is 0 Å². The molecule has 0 aliphatic heterocycles. The predicted molar refractivity (Wildman–Crippen MR) is 70.2 cm³/mol. The second kappa shape index (κ2) is 6.13. The minimum absolute atomic E-state index is 0.614. The van der Waals surface area contributed by atoms with E-state index in [2.05, 4.69) is 53.3 Å². The van der Waals surface area contributed by atoms with Crippen molar-refractivity contribution < 1.29 is 0 Å². The molecule has 3 heteroatoms. The van der Waals surface area contributed by atoms with E-state index < -0.39 is 0 Å². The lowest BCUT2D eigenvalue weighted by Gasteiger charge is -2.13. The Morgan fingerprint density at radius 1 is 1.47 bits per heavy atom. The van der Waals surface area contributed by atoms with Crippen LogP contribution in [0.1, 0.15) is 18.9 Å². The van der Waals surface area contributed by atoms with Crippen molar-refractivity contribution in [1.29, 1.82) is 0 Å². The van der Waals surface area contributed by atoms with Crippen molar-refractivity contribution in [3.8, 4) is 0 Å². The number of hydrogen-bond donors (Lipinski definition) is 2. The van der Waals surface area contributed by atoms with Crippen molar-refractivity contribution >= 4 is 21.6 Å². The molecule has 1 unspecified atom stereocenters. The molecule has 0 spiro atoms. The van der Waals surface area contributed by atoms with Gasteiger partial charge in [0.1, 0.15) is 0 Å². The highest BCUT2D eigenvalue weighted by Gasteiger charge is 2.03. The quantitative estimate of drug-likeness (QED) is 0.863. The summed E-state index contributed by atoms with van der Waals surface area (Å²) in [6.07, 6.45) is 1.07. The van der Waals surface area contributed by atoms with E-state index in [1.165, 1.54) is 5.56 Å². The first-order valence-corrected chi connectivity index (χ1v) is 6.13. The summed E-state index contributed by atoms with van der Waals surface area (Å²) in [6.45, 7) is 6.03. The van der Waals surface area contributed by atoms with E-state index in [9.17, 15) is 0 Å². The number of benzene rings is 1. The molecule has 15 heavy (non-hydrogen) atoms. The maximum absolute atomic E-state index is 5.51. The summed E-state index contributed by atoms with van der Waals surface area (Å²) in [7, 11) is 0. The van der Waals surface area contributed by atoms with Crippen molar-refractivity contribution in [3.05, 3.63) is 28.2 Å². The summed E-state index contributed by atoms with van der Waals surface area (Å²) in [6, 6.07) is 6.34. The molecule has 0 radical (unpaired) electrons. The minimum atomic E-state index is 0.614. The van der Waals surface area contributed by atoms with E-state index in [-0.39, 0.29) is 0 Å². The van der Waals surface area contributed by atoms with Crippen molar-refractivity contribution in [1.82, 2.24) is 0 Å². The molecular weight excluding hydrogens is 252 g/mol. The van der Waals surface area contributed by atoms with E-state index in [1.54, 1.807) is 0 Å². The van der Waals surface area contributed by atoms with E-state index in [4.69, 9.17) is 5.73 Å². The normalized spacial score (nSPS) is 12.5. The molecule has 0 heterocycles. The average Bonchev–Trinajstić information content (AvgIpc) is 2.17. The third kappa shape index (κ3) is 4.22. The zero-order valence-corrected chi connectivity index (χ0v) is 11.0. The van der Waals surface area contributed by atoms with Gasteiger partial charge >= 0.3 is 0 Å². The van der Waals surface area contributed by atoms with Gasteiger partial charge in [-0.2, -0.15) is 0 Å². The van der Waals surface area contributed by atoms with Gasteiger partial charge in [-0.1, -0.05) is 13.0 Å². The Labute approximate surface area is 100 Å². The molecule has 1 aromatic carbocycles. The Bertz CT molecular complexity index is 312. The molecule has 1 atom stereocenters. The summed E-state index contributed by atoms with van der Waals surface area (Å²) in [5, 5.41) is 3.42. The molecule has 0 saturated heterocycles. The van der Waals surface area contributed by atoms with Crippen molar-refractivity contribution in [3.63, 3.8) is 0 Å². The Morgan fingerprint density at radius 2 is 2.20 bits per heavy atom. The molecule has 0 saturated carbocycles. The molecule has 1 rings (SSSR count). The fourth-order valence-electron chi connectivity index (χ4n) is 1.43. The molecule has 0 bridgehead atoms. The maximum atomic E-state index is 5.51. The Kier molecular flexibility index (Phi) is 5.12. The second-order valence-corrected chi connectivity index (χ2v) is 4.90. The molecule has 84 valence electrons. The predicted octanol–water partition coefficient (Wildman–Crippen LogP) is 3.15. The van der Waals surface area contributed by atoms with Crippen LogP contribution >= 0.6 is 15.9 Å². The van der Waals surface area contributed by atoms with Crippen LogP contribution in [-0.2, 0) is 0 Å². The van der Waals surface area contributed by atoms with Gasteiger partial charge in [-0.25, -0.2) is 0 Å². The largest absolute Gasteiger partial charge is 0.384 e. The van der Waals surface area contributed by atoms with Gasteiger partial charge in [0.25, 0.3) is 0 Å². The Balaban J connectivity index is 2.50. The van der Waals surface area contributed by atoms with Crippen LogP contribution < -0.4 is 11.1 Å². The van der Waals surface area contributed by atoms with E-state index in [1.807, 2.05) is 0 Å². The summed E-state index contributed by atoms with van der Waals surface area (Å²) >= 11 is 3.55. The minimum Gasteiger partial charge on any atom is -0.384 e. The molecule has 2 nitrogen and oxygen atoms in total. The topological polar surface area (TPSA) is 38.0 Å². The fraction of sp³-hybridized carbons (Fsp3) is 0.500. The number of halogens is 1. The molecule has 0 aliphatic carbocycles. The number of nitrogens with one attached hydrogen (secondary N) is 1. The van der Waals surface area contributed by atoms with Crippen LogP contribution in [0.5, 0.6) is 0 Å². The van der Waals surface area contributed by atoms with Crippen molar-refractivity contribution in [2.24, 2.45) is 11.7 Å². The Hall–Kier alpha value is -0.540. The highest BCUT2D eigenvalue weighted by molar-refractivity contribution is 9.10. The summed E-state index contributed by atoms with van der Waals surface area (Å²) in [4.78, 5) is 0. The van der Waals surface area contributed by atoms with Crippen LogP contribution in [0.4, 0.5) is 5.69 Å². The van der Waals surface area contributed by atoms with Crippen molar-refractivity contribution in [2.75, 3.05) is 18.4 Å². The van der Waals surface area contributed by atoms with Gasteiger partial charge in [-0.05, 0) is 59.4 Å². The first kappa shape index (κ1) is 12.5. The van der Waals surface area contributed by atoms with Crippen LogP contribution in [0.2, 0.25) is 0 Å². The van der Waals surface area contributed by atoms with Crippen LogP contribution in [-0.4, -0.2) is 13.1 Å². The summed E-state index contributed by atoms with van der Waals surface area (Å²) in [5.41, 5.74) is 7.93. The Morgan fingerprint density at radius 3 is 2.80 bits per heavy atom. The highest BCUT2D eigenvalue weighted by atomic mass is 79.9. The lowest BCUT2D eigenvalue weighted by atomic mass is 10.1. The lowest BCUT2D eigenvalue weighted by Crippen LogP contribution is -2.15. The molecule has 0 fully saturated rings. The zero-order valence-electron chi connectivity index (χ0n) is 9.39. The first-order chi connectivity index (χ1) is 7.13. The van der Waals surface area contributed by atoms with Gasteiger partial charge in [0, 0.05) is 16.7 Å². The third-order valence-electron chi connectivity index (χ3n) is 2.43. The van der Waals surface area contributed by atoms with Gasteiger partial charge < -0.3 is 11.1 Å². The highest BCUT2D eigenvalue weighted by Crippen LogP contribution is 2.23. The summed E-state index contributed by atoms with van der Waals surface area (Å²) in [5.74, 6) is 0.614. The molecule has 1 aromatic rings. The second-order valence-electron chi connectivity index (χ2n) is 4.05. The van der Waals surface area contributed by atoms with Gasteiger partial charge in [-0.3, -0.25) is 0 Å². The zero-order chi connectivity index (χ0) is 11.3. The van der Waals surface area contributed by atoms with E-state index in [0.29, 0.717) is 5.92 Å².